The molecule has 0 bridgehead atoms. The largest absolute Gasteiger partial charge is 0.0582 e. The van der Waals surface area contributed by atoms with Crippen molar-refractivity contribution in [2.75, 3.05) is 0 Å². The van der Waals surface area contributed by atoms with Crippen LogP contribution >= 0.6 is 0 Å². The predicted molar refractivity (Wildman–Crippen MR) is 159 cm³/mol. The summed E-state index contributed by atoms with van der Waals surface area (Å²) in [6, 6.07) is 12.4. The van der Waals surface area contributed by atoms with E-state index in [0.717, 1.165) is 0 Å². The maximum Gasteiger partial charge on any atom is 0.0152 e. The van der Waals surface area contributed by atoms with Crippen molar-refractivity contribution in [1.29, 1.82) is 0 Å². The maximum absolute atomic E-state index is 2.54. The SMILES string of the molecule is CC(C)(C)c1ccc(C(C)(C)c2cc(C(C)(C)C)cc(C(C)(C)C)c2C(C)(C)C)c(C(C)(C)C)c1. The van der Waals surface area contributed by atoms with Crippen LogP contribution in [0.3, 0.4) is 0 Å². The standard InChI is InChI=1S/C35H56/c1-30(2,3)23-18-19-25(26(20-23)32(7,8)9)35(16,17)28-22-24(31(4,5)6)21-27(33(10,11)12)29(28)34(13,14)15/h18-22H,1-17H3. The second-order valence-electron chi connectivity index (χ2n) is 16.6. The third kappa shape index (κ3) is 6.23. The Balaban J connectivity index is 3.09. The zero-order valence-electron chi connectivity index (χ0n) is 26.4. The van der Waals surface area contributed by atoms with Gasteiger partial charge in [0.25, 0.3) is 0 Å². The van der Waals surface area contributed by atoms with E-state index in [1.165, 1.54) is 38.9 Å². The lowest BCUT2D eigenvalue weighted by Crippen LogP contribution is -2.33. The van der Waals surface area contributed by atoms with Crippen molar-refractivity contribution in [3.8, 4) is 0 Å². The second kappa shape index (κ2) is 8.78. The Morgan fingerprint density at radius 2 is 0.743 bits per heavy atom. The molecule has 0 heterocycles. The van der Waals surface area contributed by atoms with Gasteiger partial charge in [0, 0.05) is 5.41 Å². The van der Waals surface area contributed by atoms with Crippen molar-refractivity contribution < 1.29 is 0 Å². The van der Waals surface area contributed by atoms with Crippen LogP contribution in [0.15, 0.2) is 30.3 Å². The van der Waals surface area contributed by atoms with Crippen LogP contribution in [-0.4, -0.2) is 0 Å². The lowest BCUT2D eigenvalue weighted by atomic mass is 9.63. The molecule has 35 heavy (non-hydrogen) atoms. The summed E-state index contributed by atoms with van der Waals surface area (Å²) in [4.78, 5) is 0. The van der Waals surface area contributed by atoms with Gasteiger partial charge in [-0.3, -0.25) is 0 Å². The van der Waals surface area contributed by atoms with E-state index in [0.29, 0.717) is 0 Å². The zero-order chi connectivity index (χ0) is 27.6. The molecule has 0 aromatic heterocycles. The molecule has 0 saturated heterocycles. The van der Waals surface area contributed by atoms with Crippen LogP contribution in [0.2, 0.25) is 0 Å². The summed E-state index contributed by atoms with van der Waals surface area (Å²) < 4.78 is 0. The molecular formula is C35H56. The molecule has 2 rings (SSSR count). The summed E-state index contributed by atoms with van der Waals surface area (Å²) in [6.07, 6.45) is 0. The van der Waals surface area contributed by atoms with Gasteiger partial charge >= 0.3 is 0 Å². The number of rotatable bonds is 2. The van der Waals surface area contributed by atoms with E-state index in [1.807, 2.05) is 0 Å². The molecule has 196 valence electrons. The Bertz CT molecular complexity index is 1060. The average Bonchev–Trinajstić information content (AvgIpc) is 2.62. The number of hydrogen-bond donors (Lipinski definition) is 0. The van der Waals surface area contributed by atoms with Crippen LogP contribution in [0.25, 0.3) is 0 Å². The maximum atomic E-state index is 2.54. The summed E-state index contributed by atoms with van der Waals surface area (Å²) in [7, 11) is 0. The lowest BCUT2D eigenvalue weighted by Gasteiger charge is -2.41. The summed E-state index contributed by atoms with van der Waals surface area (Å²) >= 11 is 0. The van der Waals surface area contributed by atoms with Crippen LogP contribution in [-0.2, 0) is 32.5 Å². The van der Waals surface area contributed by atoms with Crippen molar-refractivity contribution in [3.63, 3.8) is 0 Å². The van der Waals surface area contributed by atoms with Gasteiger partial charge in [0.05, 0.1) is 0 Å². The molecule has 0 N–H and O–H groups in total. The first-order chi connectivity index (χ1) is 15.3. The highest BCUT2D eigenvalue weighted by Gasteiger charge is 2.38. The summed E-state index contributed by atoms with van der Waals surface area (Å²) in [5, 5.41) is 0. The number of benzene rings is 2. The van der Waals surface area contributed by atoms with Gasteiger partial charge in [-0.05, 0) is 66.0 Å². The molecule has 0 aliphatic carbocycles. The van der Waals surface area contributed by atoms with Crippen LogP contribution in [0, 0.1) is 0 Å². The van der Waals surface area contributed by atoms with Crippen LogP contribution < -0.4 is 0 Å². The Labute approximate surface area is 219 Å². The monoisotopic (exact) mass is 476 g/mol. The molecular weight excluding hydrogens is 420 g/mol. The van der Waals surface area contributed by atoms with Crippen molar-refractivity contribution >= 4 is 0 Å². The first kappa shape index (κ1) is 29.7. The van der Waals surface area contributed by atoms with E-state index < -0.39 is 0 Å². The minimum Gasteiger partial charge on any atom is -0.0582 e. The van der Waals surface area contributed by atoms with Crippen molar-refractivity contribution in [3.05, 3.63) is 69.3 Å². The molecule has 0 radical (unpaired) electrons. The molecule has 0 aliphatic heterocycles. The van der Waals surface area contributed by atoms with E-state index in [1.54, 1.807) is 0 Å². The van der Waals surface area contributed by atoms with E-state index in [4.69, 9.17) is 0 Å². The molecule has 2 aromatic carbocycles. The first-order valence-electron chi connectivity index (χ1n) is 13.6. The topological polar surface area (TPSA) is 0 Å². The molecule has 0 spiro atoms. The molecule has 2 aromatic rings. The van der Waals surface area contributed by atoms with Gasteiger partial charge in [0.1, 0.15) is 0 Å². The predicted octanol–water partition coefficient (Wildman–Crippen LogP) is 10.5. The van der Waals surface area contributed by atoms with Crippen LogP contribution in [0.5, 0.6) is 0 Å². The fraction of sp³-hybridized carbons (Fsp3) is 0.657. The summed E-state index contributed by atoms with van der Waals surface area (Å²) in [6.45, 7) is 40.3. The molecule has 0 unspecified atom stereocenters. The van der Waals surface area contributed by atoms with Crippen molar-refractivity contribution in [1.82, 2.24) is 0 Å². The molecule has 0 heteroatoms. The highest BCUT2D eigenvalue weighted by molar-refractivity contribution is 5.56. The lowest BCUT2D eigenvalue weighted by molar-refractivity contribution is 0.492. The van der Waals surface area contributed by atoms with Gasteiger partial charge in [-0.1, -0.05) is 148 Å². The molecule has 0 fully saturated rings. The fourth-order valence-electron chi connectivity index (χ4n) is 5.29. The molecule has 0 atom stereocenters. The van der Waals surface area contributed by atoms with E-state index >= 15 is 0 Å². The molecule has 0 saturated carbocycles. The van der Waals surface area contributed by atoms with Crippen LogP contribution in [0.1, 0.15) is 157 Å². The fourth-order valence-corrected chi connectivity index (χ4v) is 5.29. The minimum absolute atomic E-state index is 0.0406. The molecule has 0 aliphatic rings. The summed E-state index contributed by atoms with van der Waals surface area (Å²) in [5.41, 5.74) is 10.5. The van der Waals surface area contributed by atoms with Crippen molar-refractivity contribution in [2.24, 2.45) is 0 Å². The second-order valence-corrected chi connectivity index (χ2v) is 16.6. The van der Waals surface area contributed by atoms with Gasteiger partial charge in [-0.15, -0.1) is 0 Å². The number of hydrogen-bond acceptors (Lipinski definition) is 0. The normalized spacial score (nSPS) is 14.4. The Morgan fingerprint density at radius 1 is 0.343 bits per heavy atom. The van der Waals surface area contributed by atoms with Gasteiger partial charge in [-0.25, -0.2) is 0 Å². The van der Waals surface area contributed by atoms with E-state index in [-0.39, 0.29) is 32.5 Å². The van der Waals surface area contributed by atoms with E-state index in [2.05, 4.69) is 148 Å². The van der Waals surface area contributed by atoms with Gasteiger partial charge < -0.3 is 0 Å². The van der Waals surface area contributed by atoms with Gasteiger partial charge in [0.2, 0.25) is 0 Å². The Morgan fingerprint density at radius 3 is 1.11 bits per heavy atom. The Kier molecular flexibility index (Phi) is 7.44. The highest BCUT2D eigenvalue weighted by atomic mass is 14.4. The zero-order valence-corrected chi connectivity index (χ0v) is 26.4. The highest BCUT2D eigenvalue weighted by Crippen LogP contribution is 2.47. The Hall–Kier alpha value is -1.56. The third-order valence-corrected chi connectivity index (χ3v) is 7.60. The quantitative estimate of drug-likeness (QED) is 0.404. The summed E-state index contributed by atoms with van der Waals surface area (Å²) in [5.74, 6) is 0. The molecule has 0 amide bonds. The first-order valence-corrected chi connectivity index (χ1v) is 13.6. The van der Waals surface area contributed by atoms with Crippen LogP contribution in [0.4, 0.5) is 0 Å². The van der Waals surface area contributed by atoms with E-state index in [9.17, 15) is 0 Å². The smallest absolute Gasteiger partial charge is 0.0152 e. The van der Waals surface area contributed by atoms with Crippen molar-refractivity contribution in [2.45, 2.75) is 150 Å². The van der Waals surface area contributed by atoms with Gasteiger partial charge in [0.15, 0.2) is 0 Å². The third-order valence-electron chi connectivity index (χ3n) is 7.60. The minimum atomic E-state index is -0.136. The molecule has 0 nitrogen and oxygen atoms in total. The average molecular weight is 477 g/mol. The van der Waals surface area contributed by atoms with Gasteiger partial charge in [-0.2, -0.15) is 0 Å².